The molecule has 1 amide bonds. The maximum absolute atomic E-state index is 14.1. The van der Waals surface area contributed by atoms with Gasteiger partial charge in [-0.3, -0.25) is 4.79 Å². The predicted molar refractivity (Wildman–Crippen MR) is 116 cm³/mol. The third kappa shape index (κ3) is 5.60. The molecule has 0 aromatic carbocycles. The number of allylic oxidation sites excluding steroid dienone is 2. The number of likely N-dealkylation sites (tertiary alicyclic amines) is 1. The van der Waals surface area contributed by atoms with Crippen molar-refractivity contribution in [3.05, 3.63) is 33.0 Å². The molecule has 0 unspecified atom stereocenters. The number of halogens is 7. The Morgan fingerprint density at radius 3 is 2.44 bits per heavy atom. The van der Waals surface area contributed by atoms with Gasteiger partial charge < -0.3 is 20.2 Å². The van der Waals surface area contributed by atoms with E-state index in [0.29, 0.717) is 11.3 Å². The van der Waals surface area contributed by atoms with Crippen LogP contribution in [0.25, 0.3) is 5.57 Å². The third-order valence-corrected chi connectivity index (χ3v) is 6.99. The number of carboxylic acid groups (broad SMARTS) is 1. The van der Waals surface area contributed by atoms with E-state index in [-0.39, 0.29) is 22.7 Å². The number of carbonyl (C=O) groups excluding carboxylic acids is 1. The van der Waals surface area contributed by atoms with Crippen LogP contribution in [0.15, 0.2) is 17.5 Å². The van der Waals surface area contributed by atoms with Crippen LogP contribution in [-0.4, -0.2) is 82.5 Å². The lowest BCUT2D eigenvalue weighted by molar-refractivity contribution is -0.155. The molecule has 7 nitrogen and oxygen atoms in total. The maximum Gasteiger partial charge on any atom is 0.408 e. The average Bonchev–Trinajstić information content (AvgIpc) is 3.31. The summed E-state index contributed by atoms with van der Waals surface area (Å²) in [5, 5.41) is 11.0. The molecule has 2 atom stereocenters. The predicted octanol–water partition coefficient (Wildman–Crippen LogP) is 4.45. The lowest BCUT2D eigenvalue weighted by Crippen LogP contribution is -2.45. The van der Waals surface area contributed by atoms with Gasteiger partial charge in [0.05, 0.1) is 11.4 Å². The number of thiazole rings is 1. The van der Waals surface area contributed by atoms with Crippen LogP contribution in [-0.2, 0) is 0 Å². The Balaban J connectivity index is 2.11. The van der Waals surface area contributed by atoms with Crippen molar-refractivity contribution in [3.8, 4) is 0 Å². The number of hydrogen-bond acceptors (Lipinski definition) is 6. The summed E-state index contributed by atoms with van der Waals surface area (Å²) in [6, 6.07) is -2.93. The molecule has 1 saturated heterocycles. The zero-order valence-electron chi connectivity index (χ0n) is 19.3. The molecule has 2 aliphatic rings. The number of carbonyl (C=O) groups is 2. The fourth-order valence-electron chi connectivity index (χ4n) is 4.08. The van der Waals surface area contributed by atoms with Crippen molar-refractivity contribution >= 4 is 28.8 Å². The molecule has 0 radical (unpaired) electrons. The molecule has 3 heterocycles. The quantitative estimate of drug-likeness (QED) is 0.494. The van der Waals surface area contributed by atoms with Gasteiger partial charge >= 0.3 is 12.1 Å². The van der Waals surface area contributed by atoms with Crippen molar-refractivity contribution in [3.63, 3.8) is 0 Å². The van der Waals surface area contributed by atoms with Gasteiger partial charge in [0.1, 0.15) is 17.6 Å². The molecule has 2 aliphatic heterocycles. The standard InChI is InChI=1S/C21H23F7N4O3S/c1-4-12(21(26,27)28)29-13-5-10(16(22)23)11(7-31(13)3)15-14(30-17(36-15)19(34)35)18(33)32-8-20(24,25)6-9(32)2/h5,9,12,16,29H,4,6-8H2,1-3H3,(H,34,35)/t9-,12-/m0/s1. The summed E-state index contributed by atoms with van der Waals surface area (Å²) in [4.78, 5) is 30.2. The Bertz CT molecular complexity index is 1100. The molecule has 200 valence electrons. The number of rotatable bonds is 7. The van der Waals surface area contributed by atoms with E-state index in [1.807, 2.05) is 0 Å². The Morgan fingerprint density at radius 2 is 1.97 bits per heavy atom. The maximum atomic E-state index is 14.1. The highest BCUT2D eigenvalue weighted by molar-refractivity contribution is 7.15. The highest BCUT2D eigenvalue weighted by Gasteiger charge is 2.46. The lowest BCUT2D eigenvalue weighted by atomic mass is 10.0. The van der Waals surface area contributed by atoms with Crippen LogP contribution in [0.5, 0.6) is 0 Å². The van der Waals surface area contributed by atoms with Gasteiger partial charge in [0.15, 0.2) is 0 Å². The fraction of sp³-hybridized carbons (Fsp3) is 0.571. The number of carboxylic acids is 1. The largest absolute Gasteiger partial charge is 0.476 e. The summed E-state index contributed by atoms with van der Waals surface area (Å²) in [5.41, 5.74) is -1.54. The van der Waals surface area contributed by atoms with Crippen LogP contribution in [0.1, 0.15) is 51.9 Å². The average molecular weight is 544 g/mol. The lowest BCUT2D eigenvalue weighted by Gasteiger charge is -2.33. The van der Waals surface area contributed by atoms with Crippen LogP contribution in [0.3, 0.4) is 0 Å². The van der Waals surface area contributed by atoms with Crippen molar-refractivity contribution in [2.75, 3.05) is 20.1 Å². The van der Waals surface area contributed by atoms with Gasteiger partial charge in [0.2, 0.25) is 5.01 Å². The Labute approximate surface area is 205 Å². The SMILES string of the molecule is CC[C@H](NC1=CC(C(F)F)=C(c2sc(C(=O)O)nc2C(=O)N2CC(F)(F)C[C@@H]2C)CN1C)C(F)(F)F. The number of aromatic nitrogens is 1. The van der Waals surface area contributed by atoms with Crippen molar-refractivity contribution in [2.45, 2.75) is 57.3 Å². The van der Waals surface area contributed by atoms with E-state index in [9.17, 15) is 45.4 Å². The molecule has 0 saturated carbocycles. The highest BCUT2D eigenvalue weighted by Crippen LogP contribution is 2.38. The van der Waals surface area contributed by atoms with E-state index < -0.39 is 78.3 Å². The Hall–Kier alpha value is -2.84. The van der Waals surface area contributed by atoms with E-state index in [1.165, 1.54) is 25.8 Å². The highest BCUT2D eigenvalue weighted by atomic mass is 32.1. The second-order valence-electron chi connectivity index (χ2n) is 8.61. The summed E-state index contributed by atoms with van der Waals surface area (Å²) in [5.74, 6) is -6.03. The number of hydrogen-bond donors (Lipinski definition) is 2. The van der Waals surface area contributed by atoms with Crippen molar-refractivity contribution in [1.82, 2.24) is 20.1 Å². The molecular weight excluding hydrogens is 521 g/mol. The zero-order chi connectivity index (χ0) is 27.2. The second kappa shape index (κ2) is 9.90. The molecule has 1 fully saturated rings. The van der Waals surface area contributed by atoms with Gasteiger partial charge in [0.25, 0.3) is 18.3 Å². The van der Waals surface area contributed by atoms with E-state index in [1.54, 1.807) is 0 Å². The number of aromatic carboxylic acids is 1. The van der Waals surface area contributed by atoms with Gasteiger partial charge in [-0.25, -0.2) is 27.3 Å². The normalized spacial score (nSPS) is 21.2. The van der Waals surface area contributed by atoms with Crippen molar-refractivity contribution in [2.24, 2.45) is 0 Å². The van der Waals surface area contributed by atoms with Gasteiger partial charge in [0, 0.05) is 37.2 Å². The molecule has 2 N–H and O–H groups in total. The minimum Gasteiger partial charge on any atom is -0.476 e. The molecule has 1 aromatic heterocycles. The molecule has 1 aromatic rings. The summed E-state index contributed by atoms with van der Waals surface area (Å²) in [7, 11) is 1.33. The van der Waals surface area contributed by atoms with Crippen LogP contribution in [0, 0.1) is 0 Å². The van der Waals surface area contributed by atoms with Gasteiger partial charge in [-0.1, -0.05) is 6.92 Å². The number of amides is 1. The molecule has 36 heavy (non-hydrogen) atoms. The van der Waals surface area contributed by atoms with Gasteiger partial charge in [-0.05, 0) is 19.4 Å². The molecule has 0 aliphatic carbocycles. The number of likely N-dealkylation sites (N-methyl/N-ethyl adjacent to an activating group) is 1. The van der Waals surface area contributed by atoms with Gasteiger partial charge in [-0.15, -0.1) is 11.3 Å². The first-order valence-electron chi connectivity index (χ1n) is 10.8. The minimum atomic E-state index is -4.65. The monoisotopic (exact) mass is 544 g/mol. The number of nitrogens with one attached hydrogen (secondary N) is 1. The van der Waals surface area contributed by atoms with E-state index >= 15 is 0 Å². The summed E-state index contributed by atoms with van der Waals surface area (Å²) < 4.78 is 95.6. The molecule has 0 bridgehead atoms. The Morgan fingerprint density at radius 1 is 1.33 bits per heavy atom. The van der Waals surface area contributed by atoms with Gasteiger partial charge in [-0.2, -0.15) is 13.2 Å². The zero-order valence-corrected chi connectivity index (χ0v) is 20.1. The number of alkyl halides is 7. The smallest absolute Gasteiger partial charge is 0.408 e. The Kier molecular flexibility index (Phi) is 7.63. The van der Waals surface area contributed by atoms with Crippen LogP contribution in [0.2, 0.25) is 0 Å². The van der Waals surface area contributed by atoms with Crippen molar-refractivity contribution < 1.29 is 45.4 Å². The second-order valence-corrected chi connectivity index (χ2v) is 9.61. The first-order chi connectivity index (χ1) is 16.6. The molecule has 15 heteroatoms. The van der Waals surface area contributed by atoms with E-state index in [2.05, 4.69) is 10.3 Å². The topological polar surface area (TPSA) is 85.8 Å². The third-order valence-electron chi connectivity index (χ3n) is 5.88. The molecule has 0 spiro atoms. The summed E-state index contributed by atoms with van der Waals surface area (Å²) in [6.45, 7) is 1.28. The number of nitrogens with zero attached hydrogens (tertiary/aromatic N) is 3. The van der Waals surface area contributed by atoms with Crippen molar-refractivity contribution in [1.29, 1.82) is 0 Å². The fourth-order valence-corrected chi connectivity index (χ4v) is 5.04. The van der Waals surface area contributed by atoms with E-state index in [4.69, 9.17) is 0 Å². The van der Waals surface area contributed by atoms with Crippen LogP contribution >= 0.6 is 11.3 Å². The van der Waals surface area contributed by atoms with Crippen LogP contribution < -0.4 is 5.32 Å². The molecule has 3 rings (SSSR count). The van der Waals surface area contributed by atoms with E-state index in [0.717, 1.165) is 11.0 Å². The summed E-state index contributed by atoms with van der Waals surface area (Å²) in [6.07, 6.45) is -8.05. The first kappa shape index (κ1) is 27.7. The first-order valence-corrected chi connectivity index (χ1v) is 11.6. The molecular formula is C21H23F7N4O3S. The van der Waals surface area contributed by atoms with Crippen LogP contribution in [0.4, 0.5) is 30.7 Å². The summed E-state index contributed by atoms with van der Waals surface area (Å²) >= 11 is 0.416. The minimum absolute atomic E-state index is 0.231.